The van der Waals surface area contributed by atoms with Gasteiger partial charge in [0.15, 0.2) is 11.5 Å². The molecule has 1 atom stereocenters. The summed E-state index contributed by atoms with van der Waals surface area (Å²) in [4.78, 5) is 2.50. The van der Waals surface area contributed by atoms with Crippen molar-refractivity contribution in [2.24, 2.45) is 5.73 Å². The fourth-order valence-electron chi connectivity index (χ4n) is 3.15. The summed E-state index contributed by atoms with van der Waals surface area (Å²) in [5.74, 6) is 1.72. The number of nitrogens with zero attached hydrogens (tertiary/aromatic N) is 1. The van der Waals surface area contributed by atoms with Crippen LogP contribution in [0.25, 0.3) is 0 Å². The molecule has 0 saturated heterocycles. The Kier molecular flexibility index (Phi) is 4.09. The lowest BCUT2D eigenvalue weighted by Gasteiger charge is -2.46. The molecular formula is C17H26N2O2. The van der Waals surface area contributed by atoms with Gasteiger partial charge in [0.1, 0.15) is 0 Å². The summed E-state index contributed by atoms with van der Waals surface area (Å²) in [5, 5.41) is 0. The molecule has 1 unspecified atom stereocenters. The normalized spacial score (nSPS) is 20.4. The third-order valence-electron chi connectivity index (χ3n) is 5.30. The molecule has 0 aromatic heterocycles. The fourth-order valence-corrected chi connectivity index (χ4v) is 3.15. The summed E-state index contributed by atoms with van der Waals surface area (Å²) in [6.07, 6.45) is 6.07. The van der Waals surface area contributed by atoms with Crippen molar-refractivity contribution in [3.8, 4) is 11.5 Å². The van der Waals surface area contributed by atoms with Gasteiger partial charge in [-0.25, -0.2) is 0 Å². The number of nitrogens with two attached hydrogens (primary N) is 1. The molecule has 1 heterocycles. The number of hydrogen-bond acceptors (Lipinski definition) is 4. The number of rotatable bonds is 6. The first-order valence-electron chi connectivity index (χ1n) is 7.94. The zero-order valence-electron chi connectivity index (χ0n) is 13.1. The van der Waals surface area contributed by atoms with Crippen LogP contribution in [-0.2, 0) is 6.42 Å². The Bertz CT molecular complexity index is 502. The molecule has 1 aliphatic carbocycles. The van der Waals surface area contributed by atoms with Crippen LogP contribution in [0.4, 0.5) is 0 Å². The third kappa shape index (κ3) is 2.87. The zero-order valence-corrected chi connectivity index (χ0v) is 13.1. The first kappa shape index (κ1) is 14.7. The molecule has 1 aromatic rings. The Balaban J connectivity index is 1.64. The zero-order chi connectivity index (χ0) is 14.9. The first-order valence-corrected chi connectivity index (χ1v) is 7.94. The average molecular weight is 290 g/mol. The summed E-state index contributed by atoms with van der Waals surface area (Å²) in [7, 11) is 2.23. The highest BCUT2D eigenvalue weighted by Crippen LogP contribution is 2.34. The minimum absolute atomic E-state index is 0.0709. The Morgan fingerprint density at radius 2 is 2.05 bits per heavy atom. The van der Waals surface area contributed by atoms with Gasteiger partial charge in [-0.3, -0.25) is 4.90 Å². The molecule has 0 amide bonds. The van der Waals surface area contributed by atoms with E-state index in [4.69, 9.17) is 15.2 Å². The van der Waals surface area contributed by atoms with Gasteiger partial charge in [-0.15, -0.1) is 0 Å². The van der Waals surface area contributed by atoms with Crippen molar-refractivity contribution in [1.82, 2.24) is 4.90 Å². The van der Waals surface area contributed by atoms with Crippen molar-refractivity contribution in [3.63, 3.8) is 0 Å². The Morgan fingerprint density at radius 3 is 2.71 bits per heavy atom. The van der Waals surface area contributed by atoms with Crippen LogP contribution >= 0.6 is 0 Å². The smallest absolute Gasteiger partial charge is 0.231 e. The van der Waals surface area contributed by atoms with Crippen LogP contribution in [0.15, 0.2) is 18.2 Å². The maximum atomic E-state index is 6.09. The molecule has 1 saturated carbocycles. The predicted molar refractivity (Wildman–Crippen MR) is 83.7 cm³/mol. The molecule has 1 aromatic carbocycles. The van der Waals surface area contributed by atoms with E-state index in [2.05, 4.69) is 31.0 Å². The van der Waals surface area contributed by atoms with Crippen LogP contribution in [0.1, 0.15) is 38.2 Å². The topological polar surface area (TPSA) is 47.7 Å². The van der Waals surface area contributed by atoms with Gasteiger partial charge < -0.3 is 15.2 Å². The van der Waals surface area contributed by atoms with Crippen LogP contribution in [0.3, 0.4) is 0 Å². The fraction of sp³-hybridized carbons (Fsp3) is 0.647. The Labute approximate surface area is 127 Å². The lowest BCUT2D eigenvalue weighted by molar-refractivity contribution is 0.0443. The van der Waals surface area contributed by atoms with E-state index < -0.39 is 0 Å². The van der Waals surface area contributed by atoms with Crippen LogP contribution in [-0.4, -0.2) is 36.9 Å². The molecule has 0 radical (unpaired) electrons. The molecule has 116 valence electrons. The van der Waals surface area contributed by atoms with E-state index in [9.17, 15) is 0 Å². The molecule has 2 aliphatic rings. The number of likely N-dealkylation sites (N-methyl/N-ethyl adjacent to an activating group) is 1. The molecule has 0 bridgehead atoms. The highest BCUT2D eigenvalue weighted by Gasteiger charge is 2.34. The van der Waals surface area contributed by atoms with E-state index in [0.29, 0.717) is 13.3 Å². The van der Waals surface area contributed by atoms with E-state index in [1.165, 1.54) is 24.8 Å². The van der Waals surface area contributed by atoms with Crippen molar-refractivity contribution in [2.45, 2.75) is 50.6 Å². The van der Waals surface area contributed by atoms with Crippen LogP contribution < -0.4 is 15.2 Å². The molecule has 2 N–H and O–H groups in total. The van der Waals surface area contributed by atoms with E-state index in [1.54, 1.807) is 0 Å². The summed E-state index contributed by atoms with van der Waals surface area (Å²) < 4.78 is 10.8. The van der Waals surface area contributed by atoms with Crippen LogP contribution in [0, 0.1) is 0 Å². The van der Waals surface area contributed by atoms with E-state index >= 15 is 0 Å². The second-order valence-corrected chi connectivity index (χ2v) is 6.58. The highest BCUT2D eigenvalue weighted by atomic mass is 16.7. The molecular weight excluding hydrogens is 264 g/mol. The number of benzene rings is 1. The predicted octanol–water partition coefficient (Wildman–Crippen LogP) is 2.55. The van der Waals surface area contributed by atoms with Gasteiger partial charge in [0.2, 0.25) is 6.79 Å². The lowest BCUT2D eigenvalue weighted by Crippen LogP contribution is -2.56. The lowest BCUT2D eigenvalue weighted by atomic mass is 9.84. The van der Waals surface area contributed by atoms with Gasteiger partial charge >= 0.3 is 0 Å². The summed E-state index contributed by atoms with van der Waals surface area (Å²) in [6, 6.07) is 6.96. The minimum Gasteiger partial charge on any atom is -0.454 e. The molecule has 4 nitrogen and oxygen atoms in total. The number of hydrogen-bond donors (Lipinski definition) is 1. The van der Waals surface area contributed by atoms with Gasteiger partial charge in [0, 0.05) is 18.1 Å². The van der Waals surface area contributed by atoms with Gasteiger partial charge in [-0.2, -0.15) is 0 Å². The Morgan fingerprint density at radius 1 is 1.29 bits per heavy atom. The van der Waals surface area contributed by atoms with Gasteiger partial charge in [0.05, 0.1) is 0 Å². The molecule has 1 aliphatic heterocycles. The van der Waals surface area contributed by atoms with Crippen molar-refractivity contribution >= 4 is 0 Å². The summed E-state index contributed by atoms with van der Waals surface area (Å²) in [6.45, 7) is 3.33. The SMILES string of the molecule is CN(C1CCC1)C(C)(CN)CCc1ccc2c(c1)OCO2. The minimum atomic E-state index is 0.0709. The maximum Gasteiger partial charge on any atom is 0.231 e. The third-order valence-corrected chi connectivity index (χ3v) is 5.30. The quantitative estimate of drug-likeness (QED) is 0.874. The maximum absolute atomic E-state index is 6.09. The monoisotopic (exact) mass is 290 g/mol. The molecule has 0 spiro atoms. The van der Waals surface area contributed by atoms with Crippen molar-refractivity contribution in [3.05, 3.63) is 23.8 Å². The molecule has 21 heavy (non-hydrogen) atoms. The molecule has 3 rings (SSSR count). The average Bonchev–Trinajstić information content (AvgIpc) is 2.90. The van der Waals surface area contributed by atoms with Crippen molar-refractivity contribution in [2.75, 3.05) is 20.4 Å². The standard InChI is InChI=1S/C17H26N2O2/c1-17(11-18,19(2)14-4-3-5-14)9-8-13-6-7-15-16(10-13)21-12-20-15/h6-7,10,14H,3-5,8-9,11-12,18H2,1-2H3. The molecule has 4 heteroatoms. The Hall–Kier alpha value is -1.26. The van der Waals surface area contributed by atoms with Gasteiger partial charge in [-0.05, 0) is 57.4 Å². The first-order chi connectivity index (χ1) is 10.1. The van der Waals surface area contributed by atoms with E-state index in [0.717, 1.165) is 30.4 Å². The van der Waals surface area contributed by atoms with Gasteiger partial charge in [-0.1, -0.05) is 12.5 Å². The summed E-state index contributed by atoms with van der Waals surface area (Å²) >= 11 is 0. The highest BCUT2D eigenvalue weighted by molar-refractivity contribution is 5.44. The van der Waals surface area contributed by atoms with E-state index in [1.807, 2.05) is 6.07 Å². The second kappa shape index (κ2) is 5.85. The number of fused-ring (bicyclic) bond motifs is 1. The number of ether oxygens (including phenoxy) is 2. The molecule has 1 fully saturated rings. The largest absolute Gasteiger partial charge is 0.454 e. The van der Waals surface area contributed by atoms with Crippen LogP contribution in [0.2, 0.25) is 0 Å². The van der Waals surface area contributed by atoms with Crippen molar-refractivity contribution < 1.29 is 9.47 Å². The van der Waals surface area contributed by atoms with Crippen molar-refractivity contribution in [1.29, 1.82) is 0 Å². The van der Waals surface area contributed by atoms with Crippen LogP contribution in [0.5, 0.6) is 11.5 Å². The summed E-state index contributed by atoms with van der Waals surface area (Å²) in [5.41, 5.74) is 7.46. The number of aryl methyl sites for hydroxylation is 1. The second-order valence-electron chi connectivity index (χ2n) is 6.58. The van der Waals surface area contributed by atoms with Gasteiger partial charge in [0.25, 0.3) is 0 Å². The van der Waals surface area contributed by atoms with E-state index in [-0.39, 0.29) is 5.54 Å².